The van der Waals surface area contributed by atoms with Gasteiger partial charge in [0.25, 0.3) is 0 Å². The minimum atomic E-state index is -0.302. The van der Waals surface area contributed by atoms with Gasteiger partial charge in [0.05, 0.1) is 0 Å². The van der Waals surface area contributed by atoms with Gasteiger partial charge in [0.1, 0.15) is 0 Å². The van der Waals surface area contributed by atoms with Gasteiger partial charge in [-0.15, -0.1) is 0 Å². The second kappa shape index (κ2) is 13.4. The van der Waals surface area contributed by atoms with Crippen molar-refractivity contribution in [3.8, 4) is 11.5 Å². The van der Waals surface area contributed by atoms with Crippen LogP contribution in [-0.4, -0.2) is 11.9 Å². The summed E-state index contributed by atoms with van der Waals surface area (Å²) in [5.41, 5.74) is 1.11. The lowest BCUT2D eigenvalue weighted by molar-refractivity contribution is -0.137. The molecule has 0 radical (unpaired) electrons. The average molecular weight is 363 g/mol. The molecular weight excluding hydrogens is 328 g/mol. The monoisotopic (exact) mass is 362 g/mol. The summed E-state index contributed by atoms with van der Waals surface area (Å²) in [4.78, 5) is 23.7. The van der Waals surface area contributed by atoms with Crippen molar-refractivity contribution in [1.82, 2.24) is 0 Å². The number of unbranched alkanes of at least 4 members (excludes halogenated alkanes) is 5. The first kappa shape index (κ1) is 22.2. The lowest BCUT2D eigenvalue weighted by Gasteiger charge is -2.12. The average Bonchev–Trinajstić information content (AvgIpc) is 2.60. The molecule has 26 heavy (non-hydrogen) atoms. The van der Waals surface area contributed by atoms with Gasteiger partial charge in [-0.25, -0.2) is 0 Å². The van der Waals surface area contributed by atoms with Gasteiger partial charge in [0.2, 0.25) is 0 Å². The maximum absolute atomic E-state index is 11.9. The van der Waals surface area contributed by atoms with Crippen molar-refractivity contribution < 1.29 is 19.1 Å². The van der Waals surface area contributed by atoms with E-state index in [1.165, 1.54) is 32.1 Å². The number of hydrogen-bond acceptors (Lipinski definition) is 4. The van der Waals surface area contributed by atoms with E-state index in [-0.39, 0.29) is 11.9 Å². The van der Waals surface area contributed by atoms with Crippen LogP contribution in [0, 0.1) is 0 Å². The van der Waals surface area contributed by atoms with Gasteiger partial charge in [-0.1, -0.05) is 58.9 Å². The molecule has 0 atom stereocenters. The molecule has 1 aromatic rings. The van der Waals surface area contributed by atoms with Gasteiger partial charge in [-0.05, 0) is 43.4 Å². The largest absolute Gasteiger partial charge is 0.423 e. The number of benzene rings is 1. The van der Waals surface area contributed by atoms with Gasteiger partial charge in [0.15, 0.2) is 11.5 Å². The molecule has 0 heterocycles. The molecule has 0 spiro atoms. The molecule has 0 aliphatic heterocycles. The second-order valence-electron chi connectivity index (χ2n) is 6.75. The lowest BCUT2D eigenvalue weighted by Crippen LogP contribution is -2.12. The van der Waals surface area contributed by atoms with Gasteiger partial charge in [-0.2, -0.15) is 0 Å². The summed E-state index contributed by atoms with van der Waals surface area (Å²) in [5.74, 6) is 0.0944. The van der Waals surface area contributed by atoms with E-state index >= 15 is 0 Å². The number of rotatable bonds is 13. The molecule has 0 N–H and O–H groups in total. The van der Waals surface area contributed by atoms with E-state index in [4.69, 9.17) is 9.47 Å². The maximum Gasteiger partial charge on any atom is 0.311 e. The van der Waals surface area contributed by atoms with Crippen molar-refractivity contribution in [2.75, 3.05) is 0 Å². The zero-order chi connectivity index (χ0) is 19.2. The van der Waals surface area contributed by atoms with Crippen molar-refractivity contribution >= 4 is 11.9 Å². The number of ether oxygens (including phenoxy) is 2. The molecule has 0 bridgehead atoms. The summed E-state index contributed by atoms with van der Waals surface area (Å²) in [5, 5.41) is 0. The van der Waals surface area contributed by atoms with Gasteiger partial charge in [-0.3, -0.25) is 9.59 Å². The normalized spacial score (nSPS) is 10.6. The summed E-state index contributed by atoms with van der Waals surface area (Å²) in [7, 11) is 0. The molecule has 0 amide bonds. The summed E-state index contributed by atoms with van der Waals surface area (Å²) < 4.78 is 10.8. The molecule has 146 valence electrons. The fourth-order valence-electron chi connectivity index (χ4n) is 2.74. The Kier molecular flexibility index (Phi) is 11.4. The first-order valence-electron chi connectivity index (χ1n) is 10.1. The van der Waals surface area contributed by atoms with Crippen molar-refractivity contribution in [1.29, 1.82) is 0 Å². The van der Waals surface area contributed by atoms with Crippen molar-refractivity contribution in [3.63, 3.8) is 0 Å². The first-order chi connectivity index (χ1) is 12.6. The Balaban J connectivity index is 2.71. The van der Waals surface area contributed by atoms with E-state index < -0.39 is 0 Å². The highest BCUT2D eigenvalue weighted by Crippen LogP contribution is 2.30. The molecule has 0 unspecified atom stereocenters. The van der Waals surface area contributed by atoms with Crippen LogP contribution >= 0.6 is 0 Å². The van der Waals surface area contributed by atoms with Crippen molar-refractivity contribution in [2.24, 2.45) is 0 Å². The number of carbonyl (C=O) groups is 2. The fraction of sp³-hybridized carbons (Fsp3) is 0.636. The number of hydrogen-bond donors (Lipinski definition) is 0. The summed E-state index contributed by atoms with van der Waals surface area (Å²) in [6.07, 6.45) is 10.5. The van der Waals surface area contributed by atoms with Gasteiger partial charge < -0.3 is 9.47 Å². The van der Waals surface area contributed by atoms with Crippen LogP contribution < -0.4 is 9.47 Å². The third-order valence-corrected chi connectivity index (χ3v) is 4.18. The predicted octanol–water partition coefficient (Wildman–Crippen LogP) is 6.00. The third-order valence-electron chi connectivity index (χ3n) is 4.18. The minimum absolute atomic E-state index is 0.294. The van der Waals surface area contributed by atoms with E-state index in [0.717, 1.165) is 31.2 Å². The zero-order valence-electron chi connectivity index (χ0n) is 16.6. The van der Waals surface area contributed by atoms with E-state index in [1.807, 2.05) is 26.0 Å². The van der Waals surface area contributed by atoms with E-state index in [1.54, 1.807) is 6.07 Å². The zero-order valence-corrected chi connectivity index (χ0v) is 16.6. The highest BCUT2D eigenvalue weighted by molar-refractivity contribution is 5.76. The number of carbonyl (C=O) groups excluding carboxylic acids is 2. The van der Waals surface area contributed by atoms with Crippen LogP contribution in [0.3, 0.4) is 0 Å². The molecule has 0 fully saturated rings. The number of aryl methyl sites for hydroxylation is 1. The maximum atomic E-state index is 11.9. The molecule has 4 nitrogen and oxygen atoms in total. The Morgan fingerprint density at radius 3 is 1.92 bits per heavy atom. The van der Waals surface area contributed by atoms with E-state index in [2.05, 4.69) is 6.92 Å². The molecule has 1 aromatic carbocycles. The first-order valence-corrected chi connectivity index (χ1v) is 10.1. The van der Waals surface area contributed by atoms with Crippen molar-refractivity contribution in [2.45, 2.75) is 91.4 Å². The smallest absolute Gasteiger partial charge is 0.311 e. The third kappa shape index (κ3) is 9.02. The van der Waals surface area contributed by atoms with E-state index in [9.17, 15) is 9.59 Å². The Morgan fingerprint density at radius 1 is 0.731 bits per heavy atom. The van der Waals surface area contributed by atoms with Crippen LogP contribution in [0.5, 0.6) is 11.5 Å². The van der Waals surface area contributed by atoms with Crippen LogP contribution in [0.15, 0.2) is 18.2 Å². The SMILES string of the molecule is CCCCCCCCc1ccc(OC(=O)CCC)c(OC(=O)CCC)c1. The molecular formula is C22H34O4. The van der Waals surface area contributed by atoms with Crippen LogP contribution in [0.25, 0.3) is 0 Å². The number of esters is 2. The molecule has 4 heteroatoms. The Bertz CT molecular complexity index is 551. The Morgan fingerprint density at radius 2 is 1.31 bits per heavy atom. The van der Waals surface area contributed by atoms with Gasteiger partial charge in [0, 0.05) is 12.8 Å². The molecule has 1 rings (SSSR count). The standard InChI is InChI=1S/C22H34O4/c1-4-7-8-9-10-11-14-18-15-16-19(25-21(23)12-5-2)20(17-18)26-22(24)13-6-3/h15-17H,4-14H2,1-3H3. The second-order valence-corrected chi connectivity index (χ2v) is 6.75. The van der Waals surface area contributed by atoms with E-state index in [0.29, 0.717) is 24.3 Å². The molecule has 0 aromatic heterocycles. The summed E-state index contributed by atoms with van der Waals surface area (Å²) >= 11 is 0. The molecule has 0 saturated heterocycles. The van der Waals surface area contributed by atoms with Crippen molar-refractivity contribution in [3.05, 3.63) is 23.8 Å². The van der Waals surface area contributed by atoms with Crippen LogP contribution in [0.4, 0.5) is 0 Å². The molecule has 0 aliphatic rings. The molecule has 0 aliphatic carbocycles. The summed E-state index contributed by atoms with van der Waals surface area (Å²) in [6, 6.07) is 5.54. The highest BCUT2D eigenvalue weighted by Gasteiger charge is 2.14. The van der Waals surface area contributed by atoms with Crippen LogP contribution in [-0.2, 0) is 16.0 Å². The Labute approximate surface area is 158 Å². The molecule has 0 saturated carbocycles. The predicted molar refractivity (Wildman–Crippen MR) is 105 cm³/mol. The van der Waals surface area contributed by atoms with Crippen LogP contribution in [0.2, 0.25) is 0 Å². The van der Waals surface area contributed by atoms with Gasteiger partial charge >= 0.3 is 11.9 Å². The quantitative estimate of drug-likeness (QED) is 0.245. The summed E-state index contributed by atoms with van der Waals surface area (Å²) in [6.45, 7) is 6.07. The Hall–Kier alpha value is -1.84. The fourth-order valence-corrected chi connectivity index (χ4v) is 2.74. The topological polar surface area (TPSA) is 52.6 Å². The highest BCUT2D eigenvalue weighted by atomic mass is 16.6. The minimum Gasteiger partial charge on any atom is -0.423 e. The van der Waals surface area contributed by atoms with Crippen LogP contribution in [0.1, 0.15) is 90.5 Å². The lowest BCUT2D eigenvalue weighted by atomic mass is 10.0.